The lowest BCUT2D eigenvalue weighted by Gasteiger charge is -2.24. The predicted octanol–water partition coefficient (Wildman–Crippen LogP) is 1.47. The van der Waals surface area contributed by atoms with Crippen LogP contribution >= 0.6 is 12.4 Å². The summed E-state index contributed by atoms with van der Waals surface area (Å²) in [7, 11) is 3.29. The fourth-order valence-corrected chi connectivity index (χ4v) is 1.95. The molecule has 0 saturated carbocycles. The van der Waals surface area contributed by atoms with Gasteiger partial charge in [0.05, 0.1) is 20.3 Å². The summed E-state index contributed by atoms with van der Waals surface area (Å²) >= 11 is 0. The van der Waals surface area contributed by atoms with Crippen LogP contribution in [0, 0.1) is 0 Å². The van der Waals surface area contributed by atoms with E-state index in [1.165, 1.54) is 0 Å². The number of aliphatic imine (C=N–C) groups is 1. The molecule has 100 valence electrons. The van der Waals surface area contributed by atoms with E-state index in [1.54, 1.807) is 14.2 Å². The van der Waals surface area contributed by atoms with Crippen LogP contribution in [-0.4, -0.2) is 26.7 Å². The molecule has 1 atom stereocenters. The first-order valence-corrected chi connectivity index (χ1v) is 5.53. The smallest absolute Gasteiger partial charge is 0.189 e. The molecule has 1 aromatic rings. The molecule has 1 aliphatic heterocycles. The van der Waals surface area contributed by atoms with Gasteiger partial charge >= 0.3 is 0 Å². The Labute approximate surface area is 113 Å². The van der Waals surface area contributed by atoms with E-state index >= 15 is 0 Å². The van der Waals surface area contributed by atoms with Crippen LogP contribution in [-0.2, 0) is 0 Å². The monoisotopic (exact) mass is 271 g/mol. The highest BCUT2D eigenvalue weighted by molar-refractivity contribution is 5.85. The summed E-state index contributed by atoms with van der Waals surface area (Å²) in [5, 5.41) is 3.15. The van der Waals surface area contributed by atoms with E-state index in [4.69, 9.17) is 15.2 Å². The lowest BCUT2D eigenvalue weighted by Crippen LogP contribution is -2.38. The highest BCUT2D eigenvalue weighted by Gasteiger charge is 2.19. The van der Waals surface area contributed by atoms with Crippen molar-refractivity contribution in [2.45, 2.75) is 12.5 Å². The minimum absolute atomic E-state index is 0. The van der Waals surface area contributed by atoms with Crippen molar-refractivity contribution in [2.24, 2.45) is 10.7 Å². The number of nitrogens with zero attached hydrogens (tertiary/aromatic N) is 1. The van der Waals surface area contributed by atoms with Crippen LogP contribution in [0.2, 0.25) is 0 Å². The van der Waals surface area contributed by atoms with Crippen LogP contribution < -0.4 is 20.5 Å². The maximum Gasteiger partial charge on any atom is 0.189 e. The quantitative estimate of drug-likeness (QED) is 0.874. The lowest BCUT2D eigenvalue weighted by atomic mass is 10.0. The number of hydrogen-bond acceptors (Lipinski definition) is 5. The van der Waals surface area contributed by atoms with E-state index in [2.05, 4.69) is 10.3 Å². The van der Waals surface area contributed by atoms with Crippen molar-refractivity contribution in [3.8, 4) is 11.5 Å². The van der Waals surface area contributed by atoms with Crippen LogP contribution in [0.25, 0.3) is 0 Å². The number of hydrogen-bond donors (Lipinski definition) is 2. The topological polar surface area (TPSA) is 68.9 Å². The number of methoxy groups -OCH3 is 2. The SMILES string of the molecule is COc1ccc(C2CCN=C(N)N2)c(OC)c1.Cl. The second kappa shape index (κ2) is 6.35. The number of halogens is 1. The standard InChI is InChI=1S/C12H17N3O2.ClH/c1-16-8-3-4-9(11(7-8)17-2)10-5-6-14-12(13)15-10;/h3-4,7,10H,5-6H2,1-2H3,(H3,13,14,15);1H. The summed E-state index contributed by atoms with van der Waals surface area (Å²) in [6.07, 6.45) is 0.906. The van der Waals surface area contributed by atoms with Gasteiger partial charge in [-0.3, -0.25) is 4.99 Å². The number of nitrogens with one attached hydrogen (secondary N) is 1. The van der Waals surface area contributed by atoms with Crippen molar-refractivity contribution in [2.75, 3.05) is 20.8 Å². The Morgan fingerprint density at radius 1 is 1.33 bits per heavy atom. The van der Waals surface area contributed by atoms with E-state index in [1.807, 2.05) is 18.2 Å². The van der Waals surface area contributed by atoms with Crippen molar-refractivity contribution in [3.05, 3.63) is 23.8 Å². The first-order chi connectivity index (χ1) is 8.24. The summed E-state index contributed by atoms with van der Waals surface area (Å²) in [4.78, 5) is 4.11. The average Bonchev–Trinajstić information content (AvgIpc) is 2.38. The zero-order valence-corrected chi connectivity index (χ0v) is 11.3. The van der Waals surface area contributed by atoms with Crippen molar-refractivity contribution in [3.63, 3.8) is 0 Å². The fourth-order valence-electron chi connectivity index (χ4n) is 1.95. The van der Waals surface area contributed by atoms with Gasteiger partial charge in [-0.15, -0.1) is 12.4 Å². The molecular weight excluding hydrogens is 254 g/mol. The summed E-state index contributed by atoms with van der Waals surface area (Å²) in [5.41, 5.74) is 6.76. The van der Waals surface area contributed by atoms with E-state index in [0.29, 0.717) is 5.96 Å². The molecule has 1 heterocycles. The molecule has 1 unspecified atom stereocenters. The molecule has 5 nitrogen and oxygen atoms in total. The fraction of sp³-hybridized carbons (Fsp3) is 0.417. The van der Waals surface area contributed by atoms with Gasteiger partial charge in [0.1, 0.15) is 11.5 Å². The van der Waals surface area contributed by atoms with Gasteiger partial charge in [0.25, 0.3) is 0 Å². The molecule has 2 rings (SSSR count). The third-order valence-corrected chi connectivity index (χ3v) is 2.84. The Balaban J connectivity index is 0.00000162. The first-order valence-electron chi connectivity index (χ1n) is 5.53. The molecule has 0 spiro atoms. The molecule has 0 amide bonds. The average molecular weight is 272 g/mol. The number of nitrogens with two attached hydrogens (primary N) is 1. The number of guanidine groups is 1. The zero-order chi connectivity index (χ0) is 12.3. The molecule has 6 heteroatoms. The largest absolute Gasteiger partial charge is 0.497 e. The predicted molar refractivity (Wildman–Crippen MR) is 73.8 cm³/mol. The van der Waals surface area contributed by atoms with Crippen molar-refractivity contribution >= 4 is 18.4 Å². The molecule has 0 aromatic heterocycles. The Bertz CT molecular complexity index is 437. The minimum atomic E-state index is 0. The third-order valence-electron chi connectivity index (χ3n) is 2.84. The maximum atomic E-state index is 5.68. The first kappa shape index (κ1) is 14.4. The Morgan fingerprint density at radius 2 is 2.11 bits per heavy atom. The van der Waals surface area contributed by atoms with Crippen molar-refractivity contribution in [1.29, 1.82) is 0 Å². The lowest BCUT2D eigenvalue weighted by molar-refractivity contribution is 0.385. The highest BCUT2D eigenvalue weighted by atomic mass is 35.5. The van der Waals surface area contributed by atoms with E-state index in [0.717, 1.165) is 30.0 Å². The molecule has 3 N–H and O–H groups in total. The van der Waals surface area contributed by atoms with Gasteiger partial charge in [-0.2, -0.15) is 0 Å². The number of ether oxygens (including phenoxy) is 2. The van der Waals surface area contributed by atoms with Gasteiger partial charge in [-0.05, 0) is 18.6 Å². The molecular formula is C12H18ClN3O2. The van der Waals surface area contributed by atoms with Gasteiger partial charge in [0, 0.05) is 18.2 Å². The van der Waals surface area contributed by atoms with Gasteiger partial charge < -0.3 is 20.5 Å². The third kappa shape index (κ3) is 2.98. The van der Waals surface area contributed by atoms with Crippen LogP contribution in [0.4, 0.5) is 0 Å². The van der Waals surface area contributed by atoms with Gasteiger partial charge in [0.15, 0.2) is 5.96 Å². The summed E-state index contributed by atoms with van der Waals surface area (Å²) in [5.74, 6) is 2.07. The normalized spacial score (nSPS) is 18.1. The molecule has 0 aliphatic carbocycles. The van der Waals surface area contributed by atoms with Gasteiger partial charge in [-0.25, -0.2) is 0 Å². The molecule has 0 bridgehead atoms. The second-order valence-corrected chi connectivity index (χ2v) is 3.86. The molecule has 18 heavy (non-hydrogen) atoms. The minimum Gasteiger partial charge on any atom is -0.497 e. The molecule has 1 aliphatic rings. The number of benzene rings is 1. The molecule has 1 aromatic carbocycles. The van der Waals surface area contributed by atoms with Crippen LogP contribution in [0.1, 0.15) is 18.0 Å². The zero-order valence-electron chi connectivity index (χ0n) is 10.5. The highest BCUT2D eigenvalue weighted by Crippen LogP contribution is 2.31. The van der Waals surface area contributed by atoms with Gasteiger partial charge in [0.2, 0.25) is 0 Å². The second-order valence-electron chi connectivity index (χ2n) is 3.86. The summed E-state index contributed by atoms with van der Waals surface area (Å²) < 4.78 is 10.5. The van der Waals surface area contributed by atoms with E-state index in [9.17, 15) is 0 Å². The van der Waals surface area contributed by atoms with Gasteiger partial charge in [-0.1, -0.05) is 0 Å². The van der Waals surface area contributed by atoms with Crippen LogP contribution in [0.15, 0.2) is 23.2 Å². The van der Waals surface area contributed by atoms with Crippen LogP contribution in [0.3, 0.4) is 0 Å². The summed E-state index contributed by atoms with van der Waals surface area (Å²) in [6.45, 7) is 0.735. The number of rotatable bonds is 3. The van der Waals surface area contributed by atoms with Crippen molar-refractivity contribution in [1.82, 2.24) is 5.32 Å². The molecule has 0 saturated heterocycles. The maximum absolute atomic E-state index is 5.68. The molecule has 0 radical (unpaired) electrons. The van der Waals surface area contributed by atoms with Crippen molar-refractivity contribution < 1.29 is 9.47 Å². The van der Waals surface area contributed by atoms with E-state index < -0.39 is 0 Å². The Hall–Kier alpha value is -1.62. The summed E-state index contributed by atoms with van der Waals surface area (Å²) in [6, 6.07) is 5.93. The Kier molecular flexibility index (Phi) is 5.09. The van der Waals surface area contributed by atoms with Crippen LogP contribution in [0.5, 0.6) is 11.5 Å². The van der Waals surface area contributed by atoms with E-state index in [-0.39, 0.29) is 18.4 Å². The Morgan fingerprint density at radius 3 is 2.72 bits per heavy atom. The molecule has 0 fully saturated rings.